The summed E-state index contributed by atoms with van der Waals surface area (Å²) in [6.07, 6.45) is 1.72. The number of anilines is 1. The van der Waals surface area contributed by atoms with Crippen LogP contribution in [-0.4, -0.2) is 19.8 Å². The molecule has 16 heavy (non-hydrogen) atoms. The van der Waals surface area contributed by atoms with Gasteiger partial charge in [-0.1, -0.05) is 25.4 Å². The number of rotatable bonds is 3. The zero-order valence-electron chi connectivity index (χ0n) is 8.96. The van der Waals surface area contributed by atoms with Crippen LogP contribution in [0, 0.1) is 0 Å². The summed E-state index contributed by atoms with van der Waals surface area (Å²) in [5.74, 6) is 0.592. The highest BCUT2D eigenvalue weighted by Gasteiger charge is 2.15. The van der Waals surface area contributed by atoms with E-state index in [1.807, 2.05) is 22.9 Å². The molecule has 0 bridgehead atoms. The molecular weight excluding hydrogens is 340 g/mol. The number of hydrogen-bond donors (Lipinski definition) is 1. The third-order valence-corrected chi connectivity index (χ3v) is 3.29. The number of halogens is 2. The number of aromatic nitrogens is 4. The molecule has 86 valence electrons. The Morgan fingerprint density at radius 1 is 1.25 bits per heavy atom. The molecule has 0 atom stereocenters. The molecule has 0 aliphatic heterocycles. The average molecular weight is 352 g/mol. The highest BCUT2D eigenvalue weighted by atomic mass is 127. The molecule has 7 heteroatoms. The van der Waals surface area contributed by atoms with Crippen LogP contribution in [0.25, 0.3) is 5.65 Å². The van der Waals surface area contributed by atoms with Crippen molar-refractivity contribution in [3.8, 4) is 0 Å². The Labute approximate surface area is 112 Å². The van der Waals surface area contributed by atoms with Crippen molar-refractivity contribution in [2.45, 2.75) is 26.7 Å². The van der Waals surface area contributed by atoms with Crippen molar-refractivity contribution >= 4 is 46.1 Å². The Morgan fingerprint density at radius 2 is 1.94 bits per heavy atom. The molecule has 0 fully saturated rings. The zero-order valence-corrected chi connectivity index (χ0v) is 11.9. The Kier molecular flexibility index (Phi) is 3.48. The van der Waals surface area contributed by atoms with Gasteiger partial charge >= 0.3 is 0 Å². The van der Waals surface area contributed by atoms with E-state index in [0.29, 0.717) is 11.1 Å². The SMILES string of the molecule is CCc1c(Cl)nn2c(NI)nnc2c1CC. The molecule has 0 amide bonds. The largest absolute Gasteiger partial charge is 0.295 e. The van der Waals surface area contributed by atoms with E-state index in [9.17, 15) is 0 Å². The number of hydrogen-bond acceptors (Lipinski definition) is 4. The smallest absolute Gasteiger partial charge is 0.254 e. The summed E-state index contributed by atoms with van der Waals surface area (Å²) in [6.45, 7) is 4.14. The molecule has 0 aliphatic rings. The third-order valence-electron chi connectivity index (χ3n) is 2.50. The van der Waals surface area contributed by atoms with Crippen molar-refractivity contribution < 1.29 is 0 Å². The van der Waals surface area contributed by atoms with E-state index in [0.717, 1.165) is 29.6 Å². The van der Waals surface area contributed by atoms with Crippen molar-refractivity contribution in [2.75, 3.05) is 3.53 Å². The fraction of sp³-hybridized carbons (Fsp3) is 0.444. The topological polar surface area (TPSA) is 55.1 Å². The Balaban J connectivity index is 2.81. The van der Waals surface area contributed by atoms with Gasteiger partial charge in [0.15, 0.2) is 10.8 Å². The van der Waals surface area contributed by atoms with E-state index in [1.165, 1.54) is 0 Å². The van der Waals surface area contributed by atoms with Gasteiger partial charge in [-0.05, 0) is 18.4 Å². The van der Waals surface area contributed by atoms with Crippen LogP contribution in [0.5, 0.6) is 0 Å². The van der Waals surface area contributed by atoms with E-state index in [4.69, 9.17) is 11.6 Å². The second kappa shape index (κ2) is 4.70. The molecule has 0 saturated carbocycles. The van der Waals surface area contributed by atoms with Crippen LogP contribution in [0.1, 0.15) is 25.0 Å². The van der Waals surface area contributed by atoms with Crippen molar-refractivity contribution in [1.82, 2.24) is 19.8 Å². The average Bonchev–Trinajstić information content (AvgIpc) is 2.69. The second-order valence-electron chi connectivity index (χ2n) is 3.31. The quantitative estimate of drug-likeness (QED) is 0.682. The first kappa shape index (κ1) is 11.8. The monoisotopic (exact) mass is 351 g/mol. The fourth-order valence-corrected chi connectivity index (χ4v) is 2.42. The number of aryl methyl sites for hydroxylation is 1. The van der Waals surface area contributed by atoms with E-state index in [1.54, 1.807) is 4.52 Å². The maximum atomic E-state index is 6.16. The lowest BCUT2D eigenvalue weighted by molar-refractivity contribution is 0.891. The fourth-order valence-electron chi connectivity index (χ4n) is 1.76. The lowest BCUT2D eigenvalue weighted by atomic mass is 10.1. The third kappa shape index (κ3) is 1.73. The van der Waals surface area contributed by atoms with Crippen LogP contribution in [0.15, 0.2) is 0 Å². The van der Waals surface area contributed by atoms with Gasteiger partial charge in [-0.15, -0.1) is 10.2 Å². The van der Waals surface area contributed by atoms with Gasteiger partial charge in [0, 0.05) is 5.56 Å². The van der Waals surface area contributed by atoms with Crippen LogP contribution >= 0.6 is 34.5 Å². The summed E-state index contributed by atoms with van der Waals surface area (Å²) in [5.41, 5.74) is 2.96. The maximum Gasteiger partial charge on any atom is 0.254 e. The Hall–Kier alpha value is -0.630. The first-order valence-corrected chi connectivity index (χ1v) is 6.47. The predicted octanol–water partition coefficient (Wildman–Crippen LogP) is 2.66. The van der Waals surface area contributed by atoms with E-state index in [2.05, 4.69) is 32.7 Å². The van der Waals surface area contributed by atoms with Gasteiger partial charge in [0.05, 0.1) is 22.9 Å². The molecule has 2 aromatic rings. The minimum atomic E-state index is 0.527. The molecular formula is C9H11ClIN5. The minimum Gasteiger partial charge on any atom is -0.295 e. The van der Waals surface area contributed by atoms with Gasteiger partial charge in [0.1, 0.15) is 0 Å². The number of fused-ring (bicyclic) bond motifs is 1. The summed E-state index contributed by atoms with van der Waals surface area (Å²) in [5, 5.41) is 12.9. The van der Waals surface area contributed by atoms with Crippen LogP contribution in [0.3, 0.4) is 0 Å². The van der Waals surface area contributed by atoms with Crippen molar-refractivity contribution in [3.63, 3.8) is 0 Å². The lowest BCUT2D eigenvalue weighted by Crippen LogP contribution is -2.04. The number of nitrogens with zero attached hydrogens (tertiary/aromatic N) is 4. The van der Waals surface area contributed by atoms with Gasteiger partial charge in [-0.2, -0.15) is 9.61 Å². The normalized spacial score (nSPS) is 11.0. The van der Waals surface area contributed by atoms with Gasteiger partial charge < -0.3 is 0 Å². The number of nitrogens with one attached hydrogen (secondary N) is 1. The summed E-state index contributed by atoms with van der Waals surface area (Å²) < 4.78 is 4.55. The van der Waals surface area contributed by atoms with Gasteiger partial charge in [-0.25, -0.2) is 0 Å². The highest BCUT2D eigenvalue weighted by molar-refractivity contribution is 14.1. The molecule has 2 aromatic heterocycles. The molecule has 1 N–H and O–H groups in total. The van der Waals surface area contributed by atoms with E-state index < -0.39 is 0 Å². The summed E-state index contributed by atoms with van der Waals surface area (Å²) in [6, 6.07) is 0. The lowest BCUT2D eigenvalue weighted by Gasteiger charge is -2.08. The van der Waals surface area contributed by atoms with E-state index in [-0.39, 0.29) is 0 Å². The Bertz CT molecular complexity index is 524. The van der Waals surface area contributed by atoms with Crippen LogP contribution in [-0.2, 0) is 12.8 Å². The van der Waals surface area contributed by atoms with E-state index >= 15 is 0 Å². The van der Waals surface area contributed by atoms with Gasteiger partial charge in [0.25, 0.3) is 5.95 Å². The van der Waals surface area contributed by atoms with Crippen LogP contribution in [0.2, 0.25) is 5.15 Å². The molecule has 0 saturated heterocycles. The molecule has 0 aromatic carbocycles. The first-order chi connectivity index (χ1) is 7.72. The maximum absolute atomic E-state index is 6.16. The van der Waals surface area contributed by atoms with Gasteiger partial charge in [0.2, 0.25) is 0 Å². The molecule has 2 heterocycles. The molecule has 5 nitrogen and oxygen atoms in total. The first-order valence-electron chi connectivity index (χ1n) is 5.02. The minimum absolute atomic E-state index is 0.527. The van der Waals surface area contributed by atoms with Crippen LogP contribution in [0.4, 0.5) is 5.95 Å². The van der Waals surface area contributed by atoms with Crippen molar-refractivity contribution in [3.05, 3.63) is 16.3 Å². The van der Waals surface area contributed by atoms with Crippen LogP contribution < -0.4 is 3.53 Å². The molecule has 0 aliphatic carbocycles. The molecule has 2 rings (SSSR count). The summed E-state index contributed by atoms with van der Waals surface area (Å²) >= 11 is 8.15. The molecule has 0 spiro atoms. The summed E-state index contributed by atoms with van der Waals surface area (Å²) in [7, 11) is 0. The second-order valence-corrected chi connectivity index (χ2v) is 4.21. The molecule has 0 radical (unpaired) electrons. The molecule has 0 unspecified atom stereocenters. The zero-order chi connectivity index (χ0) is 11.7. The predicted molar refractivity (Wildman–Crippen MR) is 72.2 cm³/mol. The van der Waals surface area contributed by atoms with Gasteiger partial charge in [-0.3, -0.25) is 3.53 Å². The Morgan fingerprint density at radius 3 is 2.50 bits per heavy atom. The highest BCUT2D eigenvalue weighted by Crippen LogP contribution is 2.24. The summed E-state index contributed by atoms with van der Waals surface area (Å²) in [4.78, 5) is 0. The van der Waals surface area contributed by atoms with Crippen molar-refractivity contribution in [2.24, 2.45) is 0 Å². The standard InChI is InChI=1S/C9H11ClIN5/c1-3-5-6(4-2)8-13-14-9(12-11)16(8)15-7(5)10/h3-4H2,1-2H3,(H,12,14). The van der Waals surface area contributed by atoms with Crippen molar-refractivity contribution in [1.29, 1.82) is 0 Å².